The van der Waals surface area contributed by atoms with Crippen molar-refractivity contribution in [3.63, 3.8) is 0 Å². The highest BCUT2D eigenvalue weighted by molar-refractivity contribution is 4.80. The van der Waals surface area contributed by atoms with E-state index in [1.165, 1.54) is 32.5 Å². The molecule has 114 valence electrons. The second kappa shape index (κ2) is 8.23. The van der Waals surface area contributed by atoms with Crippen LogP contribution in [0.4, 0.5) is 0 Å². The third-order valence-electron chi connectivity index (χ3n) is 3.74. The van der Waals surface area contributed by atoms with Crippen molar-refractivity contribution in [3.05, 3.63) is 0 Å². The predicted molar refractivity (Wildman–Crippen MR) is 82.6 cm³/mol. The Bertz CT molecular complexity index is 233. The van der Waals surface area contributed by atoms with Crippen LogP contribution in [0.25, 0.3) is 0 Å². The maximum absolute atomic E-state index is 5.71. The molecule has 1 heterocycles. The van der Waals surface area contributed by atoms with Crippen molar-refractivity contribution in [3.8, 4) is 0 Å². The lowest BCUT2D eigenvalue weighted by Crippen LogP contribution is -2.45. The van der Waals surface area contributed by atoms with Crippen LogP contribution in [0, 0.1) is 11.3 Å². The quantitative estimate of drug-likeness (QED) is 0.734. The molecular weight excluding hydrogens is 236 g/mol. The van der Waals surface area contributed by atoms with Crippen LogP contribution in [-0.4, -0.2) is 50.3 Å². The van der Waals surface area contributed by atoms with Crippen LogP contribution < -0.4 is 5.32 Å². The Morgan fingerprint density at radius 3 is 2.42 bits per heavy atom. The van der Waals surface area contributed by atoms with Gasteiger partial charge in [-0.25, -0.2) is 0 Å². The summed E-state index contributed by atoms with van der Waals surface area (Å²) in [6.07, 6.45) is 2.90. The fourth-order valence-electron chi connectivity index (χ4n) is 2.83. The van der Waals surface area contributed by atoms with Crippen LogP contribution in [0.2, 0.25) is 0 Å². The van der Waals surface area contributed by atoms with Crippen molar-refractivity contribution < 1.29 is 4.74 Å². The topological polar surface area (TPSA) is 24.5 Å². The Morgan fingerprint density at radius 1 is 1.26 bits per heavy atom. The molecule has 19 heavy (non-hydrogen) atoms. The fraction of sp³-hybridized carbons (Fsp3) is 1.00. The average Bonchev–Trinajstić information content (AvgIpc) is 2.31. The summed E-state index contributed by atoms with van der Waals surface area (Å²) in [5.74, 6) is 0.734. The van der Waals surface area contributed by atoms with E-state index in [1.54, 1.807) is 0 Å². The third-order valence-corrected chi connectivity index (χ3v) is 3.74. The zero-order chi connectivity index (χ0) is 14.3. The second-order valence-corrected chi connectivity index (χ2v) is 7.12. The van der Waals surface area contributed by atoms with E-state index in [2.05, 4.69) is 44.8 Å². The van der Waals surface area contributed by atoms with Gasteiger partial charge < -0.3 is 15.0 Å². The first-order valence-electron chi connectivity index (χ1n) is 7.97. The summed E-state index contributed by atoms with van der Waals surface area (Å²) in [6, 6.07) is 0. The van der Waals surface area contributed by atoms with Gasteiger partial charge >= 0.3 is 0 Å². The molecule has 0 aromatic carbocycles. The molecule has 0 aliphatic carbocycles. The first-order valence-corrected chi connectivity index (χ1v) is 7.97. The third kappa shape index (κ3) is 7.28. The molecule has 3 heteroatoms. The van der Waals surface area contributed by atoms with Gasteiger partial charge in [0, 0.05) is 32.8 Å². The number of hydrogen-bond donors (Lipinski definition) is 1. The maximum atomic E-state index is 5.71. The van der Waals surface area contributed by atoms with Gasteiger partial charge in [-0.2, -0.15) is 0 Å². The largest absolute Gasteiger partial charge is 0.378 e. The lowest BCUT2D eigenvalue weighted by molar-refractivity contribution is 0.00654. The first kappa shape index (κ1) is 16.9. The van der Waals surface area contributed by atoms with E-state index in [0.717, 1.165) is 25.6 Å². The van der Waals surface area contributed by atoms with Gasteiger partial charge in [0.15, 0.2) is 0 Å². The van der Waals surface area contributed by atoms with Crippen molar-refractivity contribution in [2.45, 2.75) is 53.6 Å². The standard InChI is InChI=1S/C16H34N2O/c1-6-19-15-7-9-18(10-8-15)13-16(4,5)12-17-11-14(2)3/h14-15,17H,6-13H2,1-5H3. The van der Waals surface area contributed by atoms with E-state index in [9.17, 15) is 0 Å². The molecular formula is C16H34N2O. The fourth-order valence-corrected chi connectivity index (χ4v) is 2.83. The van der Waals surface area contributed by atoms with Gasteiger partial charge in [-0.3, -0.25) is 0 Å². The first-order chi connectivity index (χ1) is 8.93. The SMILES string of the molecule is CCOC1CCN(CC(C)(C)CNCC(C)C)CC1. The van der Waals surface area contributed by atoms with Gasteiger partial charge in [0.05, 0.1) is 6.10 Å². The minimum atomic E-state index is 0.355. The van der Waals surface area contributed by atoms with Crippen molar-refractivity contribution in [1.82, 2.24) is 10.2 Å². The average molecular weight is 270 g/mol. The Morgan fingerprint density at radius 2 is 1.89 bits per heavy atom. The number of hydrogen-bond acceptors (Lipinski definition) is 3. The number of likely N-dealkylation sites (tertiary alicyclic amines) is 1. The molecule has 0 radical (unpaired) electrons. The zero-order valence-electron chi connectivity index (χ0n) is 13.7. The van der Waals surface area contributed by atoms with Crippen molar-refractivity contribution in [2.24, 2.45) is 11.3 Å². The van der Waals surface area contributed by atoms with Gasteiger partial charge in [-0.15, -0.1) is 0 Å². The Balaban J connectivity index is 2.22. The lowest BCUT2D eigenvalue weighted by atomic mass is 9.91. The highest BCUT2D eigenvalue weighted by Gasteiger charge is 2.25. The summed E-state index contributed by atoms with van der Waals surface area (Å²) in [5.41, 5.74) is 0.355. The lowest BCUT2D eigenvalue weighted by Gasteiger charge is -2.37. The zero-order valence-corrected chi connectivity index (χ0v) is 13.7. The minimum Gasteiger partial charge on any atom is -0.378 e. The number of piperidine rings is 1. The summed E-state index contributed by atoms with van der Waals surface area (Å²) in [7, 11) is 0. The van der Waals surface area contributed by atoms with E-state index in [0.29, 0.717) is 11.5 Å². The monoisotopic (exact) mass is 270 g/mol. The second-order valence-electron chi connectivity index (χ2n) is 7.12. The van der Waals surface area contributed by atoms with E-state index < -0.39 is 0 Å². The molecule has 0 saturated carbocycles. The van der Waals surface area contributed by atoms with Gasteiger partial charge in [-0.1, -0.05) is 27.7 Å². The summed E-state index contributed by atoms with van der Waals surface area (Å²) in [5, 5.41) is 3.59. The van der Waals surface area contributed by atoms with Crippen molar-refractivity contribution in [2.75, 3.05) is 39.3 Å². The van der Waals surface area contributed by atoms with Crippen LogP contribution in [0.15, 0.2) is 0 Å². The Kier molecular flexibility index (Phi) is 7.33. The van der Waals surface area contributed by atoms with Crippen LogP contribution in [0.5, 0.6) is 0 Å². The van der Waals surface area contributed by atoms with Crippen LogP contribution in [0.3, 0.4) is 0 Å². The minimum absolute atomic E-state index is 0.355. The number of nitrogens with zero attached hydrogens (tertiary/aromatic N) is 1. The van der Waals surface area contributed by atoms with E-state index in [4.69, 9.17) is 4.74 Å². The normalized spacial score (nSPS) is 19.3. The summed E-state index contributed by atoms with van der Waals surface area (Å²) in [4.78, 5) is 2.60. The van der Waals surface area contributed by atoms with Gasteiger partial charge in [-0.05, 0) is 37.6 Å². The summed E-state index contributed by atoms with van der Waals surface area (Å²) >= 11 is 0. The van der Waals surface area contributed by atoms with Crippen LogP contribution in [0.1, 0.15) is 47.5 Å². The molecule has 0 amide bonds. The van der Waals surface area contributed by atoms with Gasteiger partial charge in [0.25, 0.3) is 0 Å². The smallest absolute Gasteiger partial charge is 0.0599 e. The molecule has 1 aliphatic heterocycles. The van der Waals surface area contributed by atoms with E-state index >= 15 is 0 Å². The highest BCUT2D eigenvalue weighted by atomic mass is 16.5. The Labute approximate surface area is 120 Å². The van der Waals surface area contributed by atoms with Crippen LogP contribution in [-0.2, 0) is 4.74 Å². The van der Waals surface area contributed by atoms with Gasteiger partial charge in [0.1, 0.15) is 0 Å². The van der Waals surface area contributed by atoms with Crippen molar-refractivity contribution in [1.29, 1.82) is 0 Å². The summed E-state index contributed by atoms with van der Waals surface area (Å²) in [6.45, 7) is 18.0. The molecule has 0 spiro atoms. The molecule has 1 N–H and O–H groups in total. The molecule has 1 saturated heterocycles. The molecule has 0 unspecified atom stereocenters. The molecule has 0 aromatic heterocycles. The molecule has 0 aromatic rings. The predicted octanol–water partition coefficient (Wildman–Crippen LogP) is 2.76. The van der Waals surface area contributed by atoms with Crippen LogP contribution >= 0.6 is 0 Å². The van der Waals surface area contributed by atoms with Gasteiger partial charge in [0.2, 0.25) is 0 Å². The van der Waals surface area contributed by atoms with E-state index in [1.807, 2.05) is 0 Å². The summed E-state index contributed by atoms with van der Waals surface area (Å²) < 4.78 is 5.71. The molecule has 0 bridgehead atoms. The molecule has 1 rings (SSSR count). The highest BCUT2D eigenvalue weighted by Crippen LogP contribution is 2.20. The number of nitrogens with one attached hydrogen (secondary N) is 1. The maximum Gasteiger partial charge on any atom is 0.0599 e. The molecule has 0 atom stereocenters. The number of ether oxygens (including phenoxy) is 1. The van der Waals surface area contributed by atoms with E-state index in [-0.39, 0.29) is 0 Å². The molecule has 1 fully saturated rings. The van der Waals surface area contributed by atoms with Crippen molar-refractivity contribution >= 4 is 0 Å². The molecule has 3 nitrogen and oxygen atoms in total. The Hall–Kier alpha value is -0.120. The molecule has 1 aliphatic rings. The number of rotatable bonds is 8.